The van der Waals surface area contributed by atoms with Crippen LogP contribution in [0.2, 0.25) is 0 Å². The van der Waals surface area contributed by atoms with Gasteiger partial charge in [0.05, 0.1) is 12.6 Å². The quantitative estimate of drug-likeness (QED) is 0.426. The van der Waals surface area contributed by atoms with Gasteiger partial charge in [-0.25, -0.2) is 9.97 Å². The molecule has 2 aliphatic heterocycles. The van der Waals surface area contributed by atoms with Crippen LogP contribution >= 0.6 is 11.3 Å². The molecule has 1 aromatic carbocycles. The van der Waals surface area contributed by atoms with Gasteiger partial charge in [0.2, 0.25) is 0 Å². The Bertz CT molecular complexity index is 1230. The third kappa shape index (κ3) is 6.16. The van der Waals surface area contributed by atoms with Crippen molar-refractivity contribution in [2.45, 2.75) is 37.0 Å². The van der Waals surface area contributed by atoms with Crippen molar-refractivity contribution in [3.05, 3.63) is 70.9 Å². The average molecular weight is 517 g/mol. The number of nitrogens with one attached hydrogen (secondary N) is 2. The second-order valence-corrected chi connectivity index (χ2v) is 10.6. The first-order valence-electron chi connectivity index (χ1n) is 12.9. The summed E-state index contributed by atoms with van der Waals surface area (Å²) in [5.74, 6) is 0.845. The number of benzene rings is 1. The molecule has 1 amide bonds. The zero-order chi connectivity index (χ0) is 25.5. The standard InChI is InChI=1S/C28H32N6O2S/c29-13-15-34-14-5-6-21(18-34)23-9-4-10-25(31-23)33-27-32-24(19-37-27)26(35)30-20-28(11-16-36-17-12-28)22-7-2-1-3-8-22/h1-4,7-10,19,21H,5-6,11-12,14-18,20H2,(H,30,35)(H,31,32,33)/t21-/m1/s1. The number of likely N-dealkylation sites (tertiary alicyclic amines) is 1. The van der Waals surface area contributed by atoms with Gasteiger partial charge in [0.25, 0.3) is 5.91 Å². The molecule has 5 rings (SSSR count). The number of amides is 1. The molecule has 0 spiro atoms. The molecule has 2 fully saturated rings. The number of nitriles is 1. The number of anilines is 2. The number of pyridine rings is 1. The van der Waals surface area contributed by atoms with E-state index < -0.39 is 0 Å². The molecule has 0 bridgehead atoms. The molecule has 3 aromatic rings. The van der Waals surface area contributed by atoms with E-state index in [4.69, 9.17) is 15.0 Å². The number of hydrogen-bond donors (Lipinski definition) is 2. The van der Waals surface area contributed by atoms with Gasteiger partial charge in [-0.1, -0.05) is 36.4 Å². The number of nitrogens with zero attached hydrogens (tertiary/aromatic N) is 4. The second kappa shape index (κ2) is 11.8. The van der Waals surface area contributed by atoms with Gasteiger partial charge in [0.1, 0.15) is 11.5 Å². The lowest BCUT2D eigenvalue weighted by Crippen LogP contribution is -2.44. The van der Waals surface area contributed by atoms with Crippen LogP contribution in [0.4, 0.5) is 10.9 Å². The lowest BCUT2D eigenvalue weighted by atomic mass is 9.74. The largest absolute Gasteiger partial charge is 0.381 e. The minimum atomic E-state index is -0.174. The van der Waals surface area contributed by atoms with E-state index >= 15 is 0 Å². The van der Waals surface area contributed by atoms with Crippen molar-refractivity contribution in [2.75, 3.05) is 44.7 Å². The average Bonchev–Trinajstić information content (AvgIpc) is 3.42. The van der Waals surface area contributed by atoms with Crippen molar-refractivity contribution in [1.82, 2.24) is 20.2 Å². The van der Waals surface area contributed by atoms with Crippen LogP contribution in [0.15, 0.2) is 53.9 Å². The van der Waals surface area contributed by atoms with E-state index in [2.05, 4.69) is 38.7 Å². The molecule has 0 radical (unpaired) electrons. The molecule has 2 aromatic heterocycles. The number of hydrogen-bond acceptors (Lipinski definition) is 8. The second-order valence-electron chi connectivity index (χ2n) is 9.78. The number of carbonyl (C=O) groups excluding carboxylic acids is 1. The molecule has 4 heterocycles. The Morgan fingerprint density at radius 2 is 2.00 bits per heavy atom. The van der Waals surface area contributed by atoms with Crippen LogP contribution in [0.1, 0.15) is 53.3 Å². The Morgan fingerprint density at radius 1 is 1.16 bits per heavy atom. The van der Waals surface area contributed by atoms with E-state index in [9.17, 15) is 4.79 Å². The summed E-state index contributed by atoms with van der Waals surface area (Å²) in [7, 11) is 0. The smallest absolute Gasteiger partial charge is 0.270 e. The maximum Gasteiger partial charge on any atom is 0.270 e. The fourth-order valence-corrected chi connectivity index (χ4v) is 5.99. The summed E-state index contributed by atoms with van der Waals surface area (Å²) >= 11 is 1.39. The summed E-state index contributed by atoms with van der Waals surface area (Å²) < 4.78 is 5.61. The monoisotopic (exact) mass is 516 g/mol. The Morgan fingerprint density at radius 3 is 2.81 bits per heavy atom. The van der Waals surface area contributed by atoms with Crippen LogP contribution in [0.3, 0.4) is 0 Å². The van der Waals surface area contributed by atoms with Gasteiger partial charge in [0, 0.05) is 48.7 Å². The van der Waals surface area contributed by atoms with Crippen LogP contribution in [-0.4, -0.2) is 60.2 Å². The maximum absolute atomic E-state index is 13.0. The van der Waals surface area contributed by atoms with Gasteiger partial charge in [-0.15, -0.1) is 11.3 Å². The van der Waals surface area contributed by atoms with Gasteiger partial charge in [0.15, 0.2) is 5.13 Å². The van der Waals surface area contributed by atoms with Crippen molar-refractivity contribution in [1.29, 1.82) is 5.26 Å². The highest BCUT2D eigenvalue weighted by molar-refractivity contribution is 7.14. The van der Waals surface area contributed by atoms with Crippen molar-refractivity contribution in [2.24, 2.45) is 0 Å². The molecule has 37 heavy (non-hydrogen) atoms. The molecule has 1 atom stereocenters. The molecular weight excluding hydrogens is 484 g/mol. The molecular formula is C28H32N6O2S. The summed E-state index contributed by atoms with van der Waals surface area (Å²) in [6.07, 6.45) is 3.88. The molecule has 8 nitrogen and oxygen atoms in total. The van der Waals surface area contributed by atoms with Crippen molar-refractivity contribution < 1.29 is 9.53 Å². The third-order valence-corrected chi connectivity index (χ3v) is 8.14. The van der Waals surface area contributed by atoms with E-state index in [0.29, 0.717) is 48.9 Å². The number of carbonyl (C=O) groups is 1. The molecule has 2 N–H and O–H groups in total. The van der Waals surface area contributed by atoms with Crippen LogP contribution in [-0.2, 0) is 10.2 Å². The lowest BCUT2D eigenvalue weighted by molar-refractivity contribution is 0.0487. The lowest BCUT2D eigenvalue weighted by Gasteiger charge is -2.37. The minimum absolute atomic E-state index is 0.126. The predicted molar refractivity (Wildman–Crippen MR) is 144 cm³/mol. The highest BCUT2D eigenvalue weighted by Crippen LogP contribution is 2.34. The van der Waals surface area contributed by atoms with E-state index in [1.807, 2.05) is 36.4 Å². The summed E-state index contributed by atoms with van der Waals surface area (Å²) in [4.78, 5) is 24.5. The van der Waals surface area contributed by atoms with Crippen molar-refractivity contribution in [3.63, 3.8) is 0 Å². The number of thiazole rings is 1. The van der Waals surface area contributed by atoms with E-state index in [0.717, 1.165) is 44.5 Å². The molecule has 2 saturated heterocycles. The van der Waals surface area contributed by atoms with E-state index in [1.165, 1.54) is 16.9 Å². The number of ether oxygens (including phenoxy) is 1. The van der Waals surface area contributed by atoms with Crippen molar-refractivity contribution in [3.8, 4) is 6.07 Å². The van der Waals surface area contributed by atoms with Gasteiger partial charge in [-0.2, -0.15) is 5.26 Å². The Hall–Kier alpha value is -3.32. The molecule has 192 valence electrons. The summed E-state index contributed by atoms with van der Waals surface area (Å²) in [5, 5.41) is 17.8. The van der Waals surface area contributed by atoms with E-state index in [1.54, 1.807) is 5.38 Å². The Kier molecular flexibility index (Phi) is 8.09. The zero-order valence-electron chi connectivity index (χ0n) is 20.9. The fourth-order valence-electron chi connectivity index (χ4n) is 5.30. The first kappa shape index (κ1) is 25.3. The number of rotatable bonds is 8. The first-order chi connectivity index (χ1) is 18.1. The maximum atomic E-state index is 13.0. The van der Waals surface area contributed by atoms with Gasteiger partial charge in [-0.05, 0) is 49.9 Å². The van der Waals surface area contributed by atoms with Gasteiger partial charge in [-0.3, -0.25) is 9.69 Å². The Balaban J connectivity index is 1.21. The predicted octanol–water partition coefficient (Wildman–Crippen LogP) is 4.46. The third-order valence-electron chi connectivity index (χ3n) is 7.38. The zero-order valence-corrected chi connectivity index (χ0v) is 21.7. The topological polar surface area (TPSA) is 103 Å². The van der Waals surface area contributed by atoms with Gasteiger partial charge < -0.3 is 15.4 Å². The molecule has 0 aliphatic carbocycles. The molecule has 0 saturated carbocycles. The highest BCUT2D eigenvalue weighted by atomic mass is 32.1. The van der Waals surface area contributed by atoms with Crippen LogP contribution < -0.4 is 10.6 Å². The van der Waals surface area contributed by atoms with Gasteiger partial charge >= 0.3 is 0 Å². The normalized spacial score (nSPS) is 19.6. The van der Waals surface area contributed by atoms with Crippen LogP contribution in [0.5, 0.6) is 0 Å². The first-order valence-corrected chi connectivity index (χ1v) is 13.7. The van der Waals surface area contributed by atoms with Crippen LogP contribution in [0, 0.1) is 11.3 Å². The van der Waals surface area contributed by atoms with E-state index in [-0.39, 0.29) is 11.3 Å². The summed E-state index contributed by atoms with van der Waals surface area (Å²) in [6, 6.07) is 18.6. The minimum Gasteiger partial charge on any atom is -0.381 e. The van der Waals surface area contributed by atoms with Crippen molar-refractivity contribution >= 4 is 28.2 Å². The molecule has 2 aliphatic rings. The highest BCUT2D eigenvalue weighted by Gasteiger charge is 2.35. The SMILES string of the molecule is N#CCN1CCC[C@@H](c2cccc(Nc3nc(C(=O)NCC4(c5ccccc5)CCOCC4)cs3)n2)C1. The van der Waals surface area contributed by atoms with Crippen LogP contribution in [0.25, 0.3) is 0 Å². The number of aromatic nitrogens is 2. The summed E-state index contributed by atoms with van der Waals surface area (Å²) in [6.45, 7) is 4.21. The molecule has 0 unspecified atom stereocenters. The number of piperidine rings is 1. The molecule has 9 heteroatoms. The Labute approximate surface area is 221 Å². The summed E-state index contributed by atoms with van der Waals surface area (Å²) in [5.41, 5.74) is 2.53. The fraction of sp³-hybridized carbons (Fsp3) is 0.429.